The van der Waals surface area contributed by atoms with E-state index in [2.05, 4.69) is 15.4 Å². The van der Waals surface area contributed by atoms with Gasteiger partial charge in [-0.3, -0.25) is 4.79 Å². The fraction of sp³-hybridized carbons (Fsp3) is 0.500. The lowest BCUT2D eigenvalue weighted by molar-refractivity contribution is -0.274. The number of nitrogens with one attached hydrogen (secondary N) is 2. The summed E-state index contributed by atoms with van der Waals surface area (Å²) in [7, 11) is 0. The first-order valence-electron chi connectivity index (χ1n) is 6.76. The first-order valence-corrected chi connectivity index (χ1v) is 6.76. The summed E-state index contributed by atoms with van der Waals surface area (Å²) < 4.78 is 40.3. The molecule has 2 N–H and O–H groups in total. The summed E-state index contributed by atoms with van der Waals surface area (Å²) in [4.78, 5) is 12.1. The Morgan fingerprint density at radius 2 is 2.14 bits per heavy atom. The highest BCUT2D eigenvalue weighted by atomic mass is 19.4. The van der Waals surface area contributed by atoms with Crippen LogP contribution in [0.25, 0.3) is 0 Å². The second-order valence-corrected chi connectivity index (χ2v) is 5.12. The zero-order valence-electron chi connectivity index (χ0n) is 11.5. The Kier molecular flexibility index (Phi) is 4.72. The van der Waals surface area contributed by atoms with Crippen LogP contribution in [0.5, 0.6) is 5.75 Å². The van der Waals surface area contributed by atoms with Gasteiger partial charge < -0.3 is 15.4 Å². The van der Waals surface area contributed by atoms with Crippen molar-refractivity contribution in [3.8, 4) is 5.75 Å². The van der Waals surface area contributed by atoms with Gasteiger partial charge in [0.1, 0.15) is 5.75 Å². The van der Waals surface area contributed by atoms with Crippen molar-refractivity contribution < 1.29 is 22.7 Å². The molecule has 0 spiro atoms. The first kappa shape index (κ1) is 15.6. The van der Waals surface area contributed by atoms with Crippen molar-refractivity contribution in [2.24, 2.45) is 0 Å². The second-order valence-electron chi connectivity index (χ2n) is 5.12. The predicted octanol–water partition coefficient (Wildman–Crippen LogP) is 3.05. The maximum Gasteiger partial charge on any atom is 0.573 e. The number of ether oxygens (including phenoxy) is 1. The number of alkyl halides is 3. The van der Waals surface area contributed by atoms with E-state index >= 15 is 0 Å². The lowest BCUT2D eigenvalue weighted by atomic mass is 9.99. The van der Waals surface area contributed by atoms with E-state index in [1.165, 1.54) is 18.2 Å². The minimum Gasteiger partial charge on any atom is -0.406 e. The van der Waals surface area contributed by atoms with Crippen LogP contribution >= 0.6 is 0 Å². The summed E-state index contributed by atoms with van der Waals surface area (Å²) in [6.45, 7) is 2.00. The molecule has 2 rings (SSSR count). The molecule has 1 aliphatic rings. The summed E-state index contributed by atoms with van der Waals surface area (Å²) >= 11 is 0. The zero-order chi connectivity index (χ0) is 15.5. The SMILES string of the molecule is CC1CCCC(C(=O)Nc2cccc(OC(F)(F)F)c2)N1. The van der Waals surface area contributed by atoms with Crippen LogP contribution in [0.4, 0.5) is 18.9 Å². The van der Waals surface area contributed by atoms with E-state index in [4.69, 9.17) is 0 Å². The fourth-order valence-electron chi connectivity index (χ4n) is 2.35. The summed E-state index contributed by atoms with van der Waals surface area (Å²) in [5.41, 5.74) is 0.279. The standard InChI is InChI=1S/C14H17F3N2O2/c1-9-4-2-7-12(18-9)13(20)19-10-5-3-6-11(8-10)21-14(15,16)17/h3,5-6,8-9,12,18H,2,4,7H2,1H3,(H,19,20). The number of anilines is 1. The second kappa shape index (κ2) is 6.34. The number of benzene rings is 1. The van der Waals surface area contributed by atoms with Crippen LogP contribution in [0, 0.1) is 0 Å². The normalized spacial score (nSPS) is 22.7. The van der Waals surface area contributed by atoms with Crippen LogP contribution in [0.15, 0.2) is 24.3 Å². The third-order valence-corrected chi connectivity index (χ3v) is 3.27. The topological polar surface area (TPSA) is 50.4 Å². The highest BCUT2D eigenvalue weighted by Crippen LogP contribution is 2.25. The van der Waals surface area contributed by atoms with Crippen LogP contribution in [-0.2, 0) is 4.79 Å². The summed E-state index contributed by atoms with van der Waals surface area (Å²) in [6.07, 6.45) is -2.07. The van der Waals surface area contributed by atoms with E-state index < -0.39 is 6.36 Å². The molecule has 0 aliphatic carbocycles. The quantitative estimate of drug-likeness (QED) is 0.902. The summed E-state index contributed by atoms with van der Waals surface area (Å²) in [5, 5.41) is 5.78. The molecule has 1 heterocycles. The van der Waals surface area contributed by atoms with Gasteiger partial charge in [0.15, 0.2) is 0 Å². The molecular formula is C14H17F3N2O2. The summed E-state index contributed by atoms with van der Waals surface area (Å²) in [6, 6.07) is 5.19. The monoisotopic (exact) mass is 302 g/mol. The third kappa shape index (κ3) is 4.93. The van der Waals surface area contributed by atoms with Crippen LogP contribution in [0.3, 0.4) is 0 Å². The van der Waals surface area contributed by atoms with E-state index in [0.717, 1.165) is 25.3 Å². The van der Waals surface area contributed by atoms with Gasteiger partial charge in [-0.2, -0.15) is 0 Å². The number of piperidine rings is 1. The van der Waals surface area contributed by atoms with E-state index in [1.54, 1.807) is 0 Å². The predicted molar refractivity (Wildman–Crippen MR) is 72.0 cm³/mol. The molecular weight excluding hydrogens is 285 g/mol. The molecule has 4 nitrogen and oxygen atoms in total. The highest BCUT2D eigenvalue weighted by Gasteiger charge is 2.31. The van der Waals surface area contributed by atoms with Crippen molar-refractivity contribution in [2.45, 2.75) is 44.6 Å². The minimum absolute atomic E-state index is 0.245. The highest BCUT2D eigenvalue weighted by molar-refractivity contribution is 5.95. The molecule has 0 aromatic heterocycles. The Balaban J connectivity index is 1.99. The number of carbonyl (C=O) groups excluding carboxylic acids is 1. The van der Waals surface area contributed by atoms with Crippen molar-refractivity contribution in [3.05, 3.63) is 24.3 Å². The molecule has 116 valence electrons. The van der Waals surface area contributed by atoms with Gasteiger partial charge in [-0.25, -0.2) is 0 Å². The number of halogens is 3. The maximum atomic E-state index is 12.1. The molecule has 0 bridgehead atoms. The molecule has 7 heteroatoms. The molecule has 21 heavy (non-hydrogen) atoms. The van der Waals surface area contributed by atoms with Crippen LogP contribution < -0.4 is 15.4 Å². The maximum absolute atomic E-state index is 12.1. The van der Waals surface area contributed by atoms with Crippen molar-refractivity contribution in [3.63, 3.8) is 0 Å². The summed E-state index contributed by atoms with van der Waals surface area (Å²) in [5.74, 6) is -0.601. The molecule has 1 aliphatic heterocycles. The van der Waals surface area contributed by atoms with Gasteiger partial charge in [-0.15, -0.1) is 13.2 Å². The molecule has 0 radical (unpaired) electrons. The van der Waals surface area contributed by atoms with Crippen molar-refractivity contribution >= 4 is 11.6 Å². The van der Waals surface area contributed by atoms with Crippen LogP contribution in [0.2, 0.25) is 0 Å². The first-order chi connectivity index (χ1) is 9.83. The number of carbonyl (C=O) groups is 1. The van der Waals surface area contributed by atoms with Gasteiger partial charge in [0, 0.05) is 17.8 Å². The average Bonchev–Trinajstić information content (AvgIpc) is 2.37. The van der Waals surface area contributed by atoms with Gasteiger partial charge in [0.05, 0.1) is 6.04 Å². The van der Waals surface area contributed by atoms with E-state index in [9.17, 15) is 18.0 Å². The fourth-order valence-corrected chi connectivity index (χ4v) is 2.35. The molecule has 1 amide bonds. The molecule has 1 saturated heterocycles. The van der Waals surface area contributed by atoms with Crippen molar-refractivity contribution in [2.75, 3.05) is 5.32 Å². The number of hydrogen-bond acceptors (Lipinski definition) is 3. The van der Waals surface area contributed by atoms with Gasteiger partial charge in [0.25, 0.3) is 0 Å². The number of amides is 1. The van der Waals surface area contributed by atoms with Gasteiger partial charge in [-0.05, 0) is 38.3 Å². The van der Waals surface area contributed by atoms with Crippen LogP contribution in [-0.4, -0.2) is 24.4 Å². The third-order valence-electron chi connectivity index (χ3n) is 3.27. The van der Waals surface area contributed by atoms with E-state index in [1.807, 2.05) is 6.92 Å². The Morgan fingerprint density at radius 1 is 1.38 bits per heavy atom. The lowest BCUT2D eigenvalue weighted by Gasteiger charge is -2.27. The lowest BCUT2D eigenvalue weighted by Crippen LogP contribution is -2.47. The average molecular weight is 302 g/mol. The van der Waals surface area contributed by atoms with Crippen molar-refractivity contribution in [1.82, 2.24) is 5.32 Å². The number of hydrogen-bond donors (Lipinski definition) is 2. The Labute approximate surface area is 120 Å². The minimum atomic E-state index is -4.75. The zero-order valence-corrected chi connectivity index (χ0v) is 11.5. The van der Waals surface area contributed by atoms with E-state index in [-0.39, 0.29) is 29.4 Å². The molecule has 1 fully saturated rings. The van der Waals surface area contributed by atoms with Gasteiger partial charge in [-0.1, -0.05) is 6.07 Å². The van der Waals surface area contributed by atoms with Gasteiger partial charge in [0.2, 0.25) is 5.91 Å². The number of rotatable bonds is 3. The van der Waals surface area contributed by atoms with E-state index in [0.29, 0.717) is 0 Å². The molecule has 1 aromatic carbocycles. The molecule has 2 unspecified atom stereocenters. The van der Waals surface area contributed by atoms with Gasteiger partial charge >= 0.3 is 6.36 Å². The molecule has 1 aromatic rings. The smallest absolute Gasteiger partial charge is 0.406 e. The Bertz CT molecular complexity index is 505. The molecule has 0 saturated carbocycles. The van der Waals surface area contributed by atoms with Crippen molar-refractivity contribution in [1.29, 1.82) is 0 Å². The Morgan fingerprint density at radius 3 is 2.81 bits per heavy atom. The Hall–Kier alpha value is -1.76. The molecule has 2 atom stereocenters. The largest absolute Gasteiger partial charge is 0.573 e. The van der Waals surface area contributed by atoms with Crippen LogP contribution in [0.1, 0.15) is 26.2 Å².